The molecule has 136 valence electrons. The quantitative estimate of drug-likeness (QED) is 0.385. The van der Waals surface area contributed by atoms with E-state index in [9.17, 15) is 0 Å². The minimum Gasteiger partial charge on any atom is -0.448 e. The third kappa shape index (κ3) is 2.18. The maximum atomic E-state index is 6.60. The number of ether oxygens (including phenoxy) is 1. The van der Waals surface area contributed by atoms with Crippen LogP contribution in [0.4, 0.5) is 0 Å². The smallest absolute Gasteiger partial charge is 0.257 e. The van der Waals surface area contributed by atoms with Crippen LogP contribution in [0.3, 0.4) is 0 Å². The first-order chi connectivity index (χ1) is 13.0. The van der Waals surface area contributed by atoms with E-state index in [1.165, 1.54) is 44.2 Å². The highest BCUT2D eigenvalue weighted by molar-refractivity contribution is 6.04. The molecule has 3 nitrogen and oxygen atoms in total. The predicted octanol–water partition coefficient (Wildman–Crippen LogP) is 5.44. The number of hydrogen-bond acceptors (Lipinski definition) is 1. The fourth-order valence-corrected chi connectivity index (χ4v) is 4.60. The van der Waals surface area contributed by atoms with E-state index in [-0.39, 0.29) is 0 Å². The van der Waals surface area contributed by atoms with Crippen molar-refractivity contribution < 1.29 is 9.30 Å². The van der Waals surface area contributed by atoms with Gasteiger partial charge in [0.25, 0.3) is 5.69 Å². The second-order valence-electron chi connectivity index (χ2n) is 8.19. The van der Waals surface area contributed by atoms with Crippen molar-refractivity contribution in [3.05, 3.63) is 53.7 Å². The zero-order valence-corrected chi connectivity index (χ0v) is 16.6. The van der Waals surface area contributed by atoms with Crippen LogP contribution in [0.1, 0.15) is 25.0 Å². The molecule has 1 aliphatic heterocycles. The maximum absolute atomic E-state index is 6.60. The summed E-state index contributed by atoms with van der Waals surface area (Å²) in [6.45, 7) is 6.76. The molecule has 2 aromatic carbocycles. The van der Waals surface area contributed by atoms with E-state index < -0.39 is 0 Å². The Hall–Kier alpha value is -2.81. The molecule has 0 saturated carbocycles. The summed E-state index contributed by atoms with van der Waals surface area (Å²) in [7, 11) is 4.26. The molecule has 1 aliphatic rings. The molecule has 0 aliphatic carbocycles. The average molecular weight is 357 g/mol. The van der Waals surface area contributed by atoms with Gasteiger partial charge in [-0.1, -0.05) is 32.0 Å². The number of nitrogens with zero attached hydrogens (tertiary/aromatic N) is 2. The highest BCUT2D eigenvalue weighted by atomic mass is 16.5. The highest BCUT2D eigenvalue weighted by Crippen LogP contribution is 2.49. The molecule has 4 aromatic rings. The van der Waals surface area contributed by atoms with Crippen LogP contribution in [-0.2, 0) is 20.5 Å². The van der Waals surface area contributed by atoms with Crippen molar-refractivity contribution in [2.75, 3.05) is 0 Å². The van der Waals surface area contributed by atoms with E-state index in [0.717, 1.165) is 17.9 Å². The van der Waals surface area contributed by atoms with Gasteiger partial charge in [-0.05, 0) is 37.0 Å². The van der Waals surface area contributed by atoms with E-state index in [1.807, 2.05) is 0 Å². The van der Waals surface area contributed by atoms with Crippen LogP contribution in [0.5, 0.6) is 11.5 Å². The van der Waals surface area contributed by atoms with Crippen molar-refractivity contribution in [2.45, 2.75) is 27.2 Å². The minimum atomic E-state index is 0.558. The Bertz CT molecular complexity index is 1230. The number of aromatic nitrogens is 2. The summed E-state index contributed by atoms with van der Waals surface area (Å²) in [6.07, 6.45) is 3.12. The van der Waals surface area contributed by atoms with Gasteiger partial charge in [0.15, 0.2) is 5.75 Å². The molecule has 0 fully saturated rings. The number of fused-ring (bicyclic) bond motifs is 3. The Kier molecular flexibility index (Phi) is 3.39. The van der Waals surface area contributed by atoms with Crippen LogP contribution in [-0.4, -0.2) is 4.57 Å². The summed E-state index contributed by atoms with van der Waals surface area (Å²) in [5.41, 5.74) is 7.59. The van der Waals surface area contributed by atoms with Gasteiger partial charge in [-0.3, -0.25) is 0 Å². The fraction of sp³-hybridized carbons (Fsp3) is 0.292. The lowest BCUT2D eigenvalue weighted by Crippen LogP contribution is -2.34. The molecule has 0 bridgehead atoms. The molecular weight excluding hydrogens is 332 g/mol. The number of rotatable bonds is 2. The molecule has 0 saturated heterocycles. The molecule has 0 radical (unpaired) electrons. The highest BCUT2D eigenvalue weighted by Gasteiger charge is 2.34. The Morgan fingerprint density at radius 1 is 1.11 bits per heavy atom. The van der Waals surface area contributed by atoms with Gasteiger partial charge in [0.2, 0.25) is 11.3 Å². The molecule has 5 rings (SSSR count). The monoisotopic (exact) mass is 357 g/mol. The Labute approximate surface area is 159 Å². The minimum absolute atomic E-state index is 0.558. The largest absolute Gasteiger partial charge is 0.448 e. The molecule has 3 heterocycles. The Morgan fingerprint density at radius 3 is 2.67 bits per heavy atom. The summed E-state index contributed by atoms with van der Waals surface area (Å²) >= 11 is 0. The average Bonchev–Trinajstić information content (AvgIpc) is 2.96. The van der Waals surface area contributed by atoms with Crippen LogP contribution < -0.4 is 9.30 Å². The SMILES string of the molecule is Cc1ccc2c3c(cn2C)Oc2c(CC(C)C)c4ccccc4[n+](C)c2-c13. The van der Waals surface area contributed by atoms with Gasteiger partial charge in [0.05, 0.1) is 21.9 Å². The Morgan fingerprint density at radius 2 is 1.89 bits per heavy atom. The third-order valence-corrected chi connectivity index (χ3v) is 5.81. The molecule has 0 N–H and O–H groups in total. The summed E-state index contributed by atoms with van der Waals surface area (Å²) in [4.78, 5) is 0. The van der Waals surface area contributed by atoms with E-state index in [4.69, 9.17) is 4.74 Å². The normalized spacial score (nSPS) is 12.7. The zero-order chi connectivity index (χ0) is 18.9. The van der Waals surface area contributed by atoms with Crippen molar-refractivity contribution in [1.82, 2.24) is 4.57 Å². The molecule has 0 amide bonds. The van der Waals surface area contributed by atoms with Crippen molar-refractivity contribution >= 4 is 21.8 Å². The van der Waals surface area contributed by atoms with Gasteiger partial charge in [-0.2, -0.15) is 4.57 Å². The summed E-state index contributed by atoms with van der Waals surface area (Å²) < 4.78 is 11.1. The first kappa shape index (κ1) is 16.4. The molecule has 2 aromatic heterocycles. The van der Waals surface area contributed by atoms with Crippen LogP contribution in [0, 0.1) is 12.8 Å². The maximum Gasteiger partial charge on any atom is 0.257 e. The number of para-hydroxylation sites is 1. The second kappa shape index (κ2) is 5.59. The zero-order valence-electron chi connectivity index (χ0n) is 16.6. The topological polar surface area (TPSA) is 18.0 Å². The fourth-order valence-electron chi connectivity index (χ4n) is 4.60. The van der Waals surface area contributed by atoms with Crippen molar-refractivity contribution in [2.24, 2.45) is 20.0 Å². The van der Waals surface area contributed by atoms with Gasteiger partial charge in [-0.15, -0.1) is 0 Å². The molecular formula is C24H25N2O+. The van der Waals surface area contributed by atoms with Crippen LogP contribution in [0.25, 0.3) is 33.1 Å². The van der Waals surface area contributed by atoms with E-state index in [2.05, 4.69) is 86.6 Å². The lowest BCUT2D eigenvalue weighted by molar-refractivity contribution is -0.633. The Balaban J connectivity index is 1.99. The van der Waals surface area contributed by atoms with Crippen LogP contribution in [0.15, 0.2) is 42.6 Å². The van der Waals surface area contributed by atoms with E-state index >= 15 is 0 Å². The summed E-state index contributed by atoms with van der Waals surface area (Å²) in [5.74, 6) is 2.56. The van der Waals surface area contributed by atoms with Crippen molar-refractivity contribution in [3.8, 4) is 22.8 Å². The summed E-state index contributed by atoms with van der Waals surface area (Å²) in [6, 6.07) is 13.1. The van der Waals surface area contributed by atoms with Gasteiger partial charge in [0, 0.05) is 24.9 Å². The van der Waals surface area contributed by atoms with Crippen molar-refractivity contribution in [1.29, 1.82) is 0 Å². The molecule has 0 spiro atoms. The number of benzene rings is 2. The van der Waals surface area contributed by atoms with Gasteiger partial charge in [-0.25, -0.2) is 0 Å². The van der Waals surface area contributed by atoms with E-state index in [1.54, 1.807) is 0 Å². The van der Waals surface area contributed by atoms with Gasteiger partial charge in [0.1, 0.15) is 7.05 Å². The molecule has 0 unspecified atom stereocenters. The van der Waals surface area contributed by atoms with Crippen LogP contribution in [0.2, 0.25) is 0 Å². The lowest BCUT2D eigenvalue weighted by atomic mass is 9.91. The van der Waals surface area contributed by atoms with Crippen molar-refractivity contribution in [3.63, 3.8) is 0 Å². The molecule has 3 heteroatoms. The standard InChI is InChI=1S/C24H25N2O/c1-14(2)12-17-16-8-6-7-9-18(16)26(5)23-21-15(3)10-11-19-22(21)20(13-25(19)4)27-24(17)23/h6-11,13-14H,12H2,1-5H3/q+1. The first-order valence-corrected chi connectivity index (χ1v) is 9.67. The third-order valence-electron chi connectivity index (χ3n) is 5.81. The van der Waals surface area contributed by atoms with Crippen LogP contribution >= 0.6 is 0 Å². The van der Waals surface area contributed by atoms with E-state index in [0.29, 0.717) is 5.92 Å². The lowest BCUT2D eigenvalue weighted by Gasteiger charge is -2.22. The van der Waals surface area contributed by atoms with Gasteiger partial charge < -0.3 is 9.30 Å². The summed E-state index contributed by atoms with van der Waals surface area (Å²) in [5, 5.41) is 2.52. The first-order valence-electron chi connectivity index (χ1n) is 9.67. The number of aryl methyl sites for hydroxylation is 3. The molecule has 27 heavy (non-hydrogen) atoms. The number of pyridine rings is 1. The van der Waals surface area contributed by atoms with Gasteiger partial charge >= 0.3 is 0 Å². The second-order valence-corrected chi connectivity index (χ2v) is 8.19. The molecule has 0 atom stereocenters. The predicted molar refractivity (Wildman–Crippen MR) is 110 cm³/mol. The number of hydrogen-bond donors (Lipinski definition) is 0.